The van der Waals surface area contributed by atoms with Gasteiger partial charge < -0.3 is 10.1 Å². The van der Waals surface area contributed by atoms with Crippen LogP contribution in [-0.2, 0) is 4.74 Å². The Morgan fingerprint density at radius 3 is 3.06 bits per heavy atom. The summed E-state index contributed by atoms with van der Waals surface area (Å²) in [5.74, 6) is -0.179. The number of halogens is 1. The summed E-state index contributed by atoms with van der Waals surface area (Å²) in [6.45, 7) is 3.70. The summed E-state index contributed by atoms with van der Waals surface area (Å²) in [6, 6.07) is 4.83. The molecule has 16 heavy (non-hydrogen) atoms. The van der Waals surface area contributed by atoms with E-state index in [1.165, 1.54) is 18.9 Å². The van der Waals surface area contributed by atoms with Gasteiger partial charge in [0.15, 0.2) is 0 Å². The molecular formula is C13H18FNO. The van der Waals surface area contributed by atoms with Gasteiger partial charge in [0.25, 0.3) is 0 Å². The minimum Gasteiger partial charge on any atom is -0.385 e. The molecule has 1 fully saturated rings. The molecule has 2 rings (SSSR count). The third kappa shape index (κ3) is 2.95. The Morgan fingerprint density at radius 1 is 1.50 bits per heavy atom. The first-order chi connectivity index (χ1) is 7.75. The fraction of sp³-hybridized carbons (Fsp3) is 0.538. The first-order valence-corrected chi connectivity index (χ1v) is 5.87. The lowest BCUT2D eigenvalue weighted by molar-refractivity contribution is 0.107. The van der Waals surface area contributed by atoms with Crippen molar-refractivity contribution in [1.82, 2.24) is 0 Å². The summed E-state index contributed by atoms with van der Waals surface area (Å²) in [7, 11) is 0. The van der Waals surface area contributed by atoms with Crippen molar-refractivity contribution in [2.75, 3.05) is 18.5 Å². The largest absolute Gasteiger partial charge is 0.385 e. The zero-order valence-corrected chi connectivity index (χ0v) is 9.63. The maximum Gasteiger partial charge on any atom is 0.123 e. The number of hydrogen-bond acceptors (Lipinski definition) is 2. The highest BCUT2D eigenvalue weighted by Crippen LogP contribution is 2.18. The van der Waals surface area contributed by atoms with Crippen molar-refractivity contribution in [3.63, 3.8) is 0 Å². The third-order valence-electron chi connectivity index (χ3n) is 2.99. The van der Waals surface area contributed by atoms with E-state index in [1.54, 1.807) is 12.1 Å². The zero-order chi connectivity index (χ0) is 11.4. The van der Waals surface area contributed by atoms with Gasteiger partial charge in [-0.1, -0.05) is 0 Å². The van der Waals surface area contributed by atoms with Crippen LogP contribution >= 0.6 is 0 Å². The third-order valence-corrected chi connectivity index (χ3v) is 2.99. The van der Waals surface area contributed by atoms with E-state index < -0.39 is 0 Å². The summed E-state index contributed by atoms with van der Waals surface area (Å²) in [4.78, 5) is 0. The van der Waals surface area contributed by atoms with Crippen molar-refractivity contribution < 1.29 is 9.13 Å². The van der Waals surface area contributed by atoms with Crippen LogP contribution in [0.2, 0.25) is 0 Å². The molecule has 0 aromatic heterocycles. The Kier molecular flexibility index (Phi) is 3.78. The Labute approximate surface area is 95.8 Å². The monoisotopic (exact) mass is 223 g/mol. The lowest BCUT2D eigenvalue weighted by Gasteiger charge is -2.12. The van der Waals surface area contributed by atoms with Gasteiger partial charge in [-0.25, -0.2) is 4.39 Å². The van der Waals surface area contributed by atoms with Crippen LogP contribution in [0.4, 0.5) is 10.1 Å². The highest BCUT2D eigenvalue weighted by Gasteiger charge is 2.14. The van der Waals surface area contributed by atoms with Crippen molar-refractivity contribution in [3.8, 4) is 0 Å². The van der Waals surface area contributed by atoms with E-state index >= 15 is 0 Å². The van der Waals surface area contributed by atoms with E-state index in [0.717, 1.165) is 30.8 Å². The maximum absolute atomic E-state index is 12.9. The first-order valence-electron chi connectivity index (χ1n) is 5.87. The fourth-order valence-corrected chi connectivity index (χ4v) is 2.07. The quantitative estimate of drug-likeness (QED) is 0.846. The molecule has 1 aliphatic heterocycles. The molecule has 3 heteroatoms. The molecule has 1 atom stereocenters. The second-order valence-electron chi connectivity index (χ2n) is 4.31. The van der Waals surface area contributed by atoms with Crippen LogP contribution in [0.15, 0.2) is 18.2 Å². The number of hydrogen-bond donors (Lipinski definition) is 1. The number of anilines is 1. The fourth-order valence-electron chi connectivity index (χ4n) is 2.07. The van der Waals surface area contributed by atoms with Crippen molar-refractivity contribution >= 4 is 5.69 Å². The molecule has 0 saturated carbocycles. The number of rotatable bonds is 4. The maximum atomic E-state index is 12.9. The van der Waals surface area contributed by atoms with Gasteiger partial charge in [0.1, 0.15) is 5.82 Å². The molecule has 1 heterocycles. The van der Waals surface area contributed by atoms with Gasteiger partial charge in [0, 0.05) is 18.8 Å². The molecule has 1 aromatic rings. The molecule has 1 aliphatic rings. The van der Waals surface area contributed by atoms with E-state index in [0.29, 0.717) is 6.10 Å². The Hall–Kier alpha value is -1.09. The average Bonchev–Trinajstić information content (AvgIpc) is 2.74. The smallest absolute Gasteiger partial charge is 0.123 e. The molecule has 88 valence electrons. The van der Waals surface area contributed by atoms with E-state index in [9.17, 15) is 4.39 Å². The second-order valence-corrected chi connectivity index (χ2v) is 4.31. The molecule has 0 bridgehead atoms. The number of aryl methyl sites for hydroxylation is 1. The molecule has 0 spiro atoms. The van der Waals surface area contributed by atoms with Crippen molar-refractivity contribution in [2.24, 2.45) is 0 Å². The molecule has 0 aliphatic carbocycles. The van der Waals surface area contributed by atoms with E-state index in [4.69, 9.17) is 4.74 Å². The molecule has 1 unspecified atom stereocenters. The molecule has 0 radical (unpaired) electrons. The normalized spacial score (nSPS) is 20.0. The van der Waals surface area contributed by atoms with Crippen LogP contribution in [0.5, 0.6) is 0 Å². The minimum atomic E-state index is -0.179. The molecular weight excluding hydrogens is 205 g/mol. The summed E-state index contributed by atoms with van der Waals surface area (Å²) in [6.07, 6.45) is 3.79. The average molecular weight is 223 g/mol. The van der Waals surface area contributed by atoms with Gasteiger partial charge >= 0.3 is 0 Å². The van der Waals surface area contributed by atoms with Crippen LogP contribution in [0.3, 0.4) is 0 Å². The topological polar surface area (TPSA) is 21.3 Å². The van der Waals surface area contributed by atoms with Gasteiger partial charge in [0.05, 0.1) is 6.10 Å². The van der Waals surface area contributed by atoms with Crippen LogP contribution in [0.1, 0.15) is 24.8 Å². The summed E-state index contributed by atoms with van der Waals surface area (Å²) in [5.41, 5.74) is 1.96. The van der Waals surface area contributed by atoms with Crippen molar-refractivity contribution in [2.45, 2.75) is 32.3 Å². The molecule has 1 saturated heterocycles. The predicted octanol–water partition coefficient (Wildman–Crippen LogP) is 3.12. The Balaban J connectivity index is 1.80. The van der Waals surface area contributed by atoms with E-state index in [1.807, 2.05) is 6.92 Å². The zero-order valence-electron chi connectivity index (χ0n) is 9.63. The standard InChI is InChI=1S/C13H18FNO/c1-10-9-11(14)4-5-13(10)15-7-6-12-3-2-8-16-12/h4-5,9,12,15H,2-3,6-8H2,1H3. The highest BCUT2D eigenvalue weighted by atomic mass is 19.1. The molecule has 1 N–H and O–H groups in total. The second kappa shape index (κ2) is 5.30. The first kappa shape index (κ1) is 11.4. The number of nitrogens with one attached hydrogen (secondary N) is 1. The van der Waals surface area contributed by atoms with Crippen molar-refractivity contribution in [3.05, 3.63) is 29.6 Å². The molecule has 0 amide bonds. The van der Waals surface area contributed by atoms with E-state index in [2.05, 4.69) is 5.32 Å². The van der Waals surface area contributed by atoms with Gasteiger partial charge in [-0.3, -0.25) is 0 Å². The van der Waals surface area contributed by atoms with Crippen LogP contribution in [0, 0.1) is 12.7 Å². The number of ether oxygens (including phenoxy) is 1. The minimum absolute atomic E-state index is 0.179. The summed E-state index contributed by atoms with van der Waals surface area (Å²) >= 11 is 0. The lowest BCUT2D eigenvalue weighted by atomic mass is 10.1. The van der Waals surface area contributed by atoms with E-state index in [-0.39, 0.29) is 5.82 Å². The van der Waals surface area contributed by atoms with Crippen LogP contribution in [0.25, 0.3) is 0 Å². The lowest BCUT2D eigenvalue weighted by Crippen LogP contribution is -2.12. The molecule has 1 aromatic carbocycles. The van der Waals surface area contributed by atoms with Gasteiger partial charge in [-0.05, 0) is 49.9 Å². The van der Waals surface area contributed by atoms with Gasteiger partial charge in [0.2, 0.25) is 0 Å². The van der Waals surface area contributed by atoms with Crippen LogP contribution < -0.4 is 5.32 Å². The van der Waals surface area contributed by atoms with Gasteiger partial charge in [-0.15, -0.1) is 0 Å². The highest BCUT2D eigenvalue weighted by molar-refractivity contribution is 5.50. The molecule has 2 nitrogen and oxygen atoms in total. The number of benzene rings is 1. The van der Waals surface area contributed by atoms with Crippen LogP contribution in [-0.4, -0.2) is 19.3 Å². The van der Waals surface area contributed by atoms with Crippen molar-refractivity contribution in [1.29, 1.82) is 0 Å². The Bertz CT molecular complexity index is 348. The SMILES string of the molecule is Cc1cc(F)ccc1NCCC1CCCO1. The van der Waals surface area contributed by atoms with Gasteiger partial charge in [-0.2, -0.15) is 0 Å². The summed E-state index contributed by atoms with van der Waals surface area (Å²) < 4.78 is 18.4. The Morgan fingerprint density at radius 2 is 2.38 bits per heavy atom. The predicted molar refractivity (Wildman–Crippen MR) is 63.2 cm³/mol. The summed E-state index contributed by atoms with van der Waals surface area (Å²) in [5, 5.41) is 3.32.